The van der Waals surface area contributed by atoms with Crippen LogP contribution < -0.4 is 5.73 Å². The van der Waals surface area contributed by atoms with E-state index in [2.05, 4.69) is 0 Å². The van der Waals surface area contributed by atoms with Gasteiger partial charge in [0.2, 0.25) is 0 Å². The molecule has 0 spiro atoms. The molecular formula is C9H15F2N. The second-order valence-electron chi connectivity index (χ2n) is 4.36. The second kappa shape index (κ2) is 2.41. The Morgan fingerprint density at radius 3 is 2.25 bits per heavy atom. The van der Waals surface area contributed by atoms with Crippen LogP contribution in [0.25, 0.3) is 0 Å². The first kappa shape index (κ1) is 8.42. The van der Waals surface area contributed by atoms with Gasteiger partial charge in [-0.1, -0.05) is 19.3 Å². The maximum atomic E-state index is 13.3. The van der Waals surface area contributed by atoms with Gasteiger partial charge in [-0.15, -0.1) is 0 Å². The van der Waals surface area contributed by atoms with Crippen LogP contribution >= 0.6 is 0 Å². The van der Waals surface area contributed by atoms with Crippen LogP contribution in [0, 0.1) is 5.92 Å². The van der Waals surface area contributed by atoms with Crippen LogP contribution in [-0.2, 0) is 0 Å². The minimum absolute atomic E-state index is 0.0313. The standard InChI is InChI=1S/C9H15F2N/c10-9(11,8(12)4-5-8)6-7-2-1-3-7/h7H,1-6,12H2. The monoisotopic (exact) mass is 175 g/mol. The molecule has 1 nitrogen and oxygen atoms in total. The summed E-state index contributed by atoms with van der Waals surface area (Å²) in [5, 5.41) is 0. The minimum atomic E-state index is -2.60. The summed E-state index contributed by atoms with van der Waals surface area (Å²) in [5.74, 6) is -2.35. The van der Waals surface area contributed by atoms with E-state index < -0.39 is 11.5 Å². The Balaban J connectivity index is 1.91. The zero-order valence-electron chi connectivity index (χ0n) is 7.15. The molecule has 0 atom stereocenters. The zero-order chi connectivity index (χ0) is 8.82. The number of hydrogen-bond donors (Lipinski definition) is 1. The van der Waals surface area contributed by atoms with Gasteiger partial charge in [0.25, 0.3) is 5.92 Å². The van der Waals surface area contributed by atoms with Gasteiger partial charge in [0.05, 0.1) is 5.54 Å². The van der Waals surface area contributed by atoms with Crippen LogP contribution in [0.4, 0.5) is 8.78 Å². The molecule has 2 N–H and O–H groups in total. The van der Waals surface area contributed by atoms with E-state index in [0.717, 1.165) is 19.3 Å². The Bertz CT molecular complexity index is 183. The Labute approximate surface area is 71.3 Å². The van der Waals surface area contributed by atoms with Crippen molar-refractivity contribution in [2.24, 2.45) is 11.7 Å². The molecule has 2 aliphatic carbocycles. The Morgan fingerprint density at radius 1 is 1.33 bits per heavy atom. The van der Waals surface area contributed by atoms with Gasteiger partial charge in [-0.3, -0.25) is 0 Å². The van der Waals surface area contributed by atoms with Gasteiger partial charge >= 0.3 is 0 Å². The molecule has 70 valence electrons. The smallest absolute Gasteiger partial charge is 0.265 e. The summed E-state index contributed by atoms with van der Waals surface area (Å²) in [6.45, 7) is 0. The minimum Gasteiger partial charge on any atom is -0.320 e. The molecule has 12 heavy (non-hydrogen) atoms. The summed E-state index contributed by atoms with van der Waals surface area (Å²) in [6.07, 6.45) is 4.12. The number of hydrogen-bond acceptors (Lipinski definition) is 1. The predicted octanol–water partition coefficient (Wildman–Crippen LogP) is 2.30. The maximum Gasteiger partial charge on any atom is 0.265 e. The van der Waals surface area contributed by atoms with Gasteiger partial charge in [0.1, 0.15) is 0 Å². The third-order valence-electron chi connectivity index (χ3n) is 3.29. The van der Waals surface area contributed by atoms with Gasteiger partial charge < -0.3 is 5.73 Å². The lowest BCUT2D eigenvalue weighted by Crippen LogP contribution is -2.45. The topological polar surface area (TPSA) is 26.0 Å². The molecule has 2 rings (SSSR count). The molecular weight excluding hydrogens is 160 g/mol. The van der Waals surface area contributed by atoms with Gasteiger partial charge in [0.15, 0.2) is 0 Å². The van der Waals surface area contributed by atoms with E-state index in [0.29, 0.717) is 12.8 Å². The highest BCUT2D eigenvalue weighted by atomic mass is 19.3. The van der Waals surface area contributed by atoms with Crippen molar-refractivity contribution >= 4 is 0 Å². The first-order valence-corrected chi connectivity index (χ1v) is 4.70. The first-order valence-electron chi connectivity index (χ1n) is 4.70. The van der Waals surface area contributed by atoms with Crippen LogP contribution in [0.3, 0.4) is 0 Å². The van der Waals surface area contributed by atoms with Gasteiger partial charge in [0, 0.05) is 6.42 Å². The van der Waals surface area contributed by atoms with Crippen LogP contribution in [-0.4, -0.2) is 11.5 Å². The Hall–Kier alpha value is -0.180. The number of alkyl halides is 2. The lowest BCUT2D eigenvalue weighted by Gasteiger charge is -2.32. The number of halogens is 2. The highest BCUT2D eigenvalue weighted by Gasteiger charge is 2.59. The Kier molecular flexibility index (Phi) is 1.69. The van der Waals surface area contributed by atoms with Crippen molar-refractivity contribution in [2.45, 2.75) is 50.0 Å². The van der Waals surface area contributed by atoms with Crippen LogP contribution in [0.15, 0.2) is 0 Å². The van der Waals surface area contributed by atoms with Crippen LogP contribution in [0.1, 0.15) is 38.5 Å². The highest BCUT2D eigenvalue weighted by Crippen LogP contribution is 2.50. The summed E-state index contributed by atoms with van der Waals surface area (Å²) >= 11 is 0. The molecule has 0 amide bonds. The third-order valence-corrected chi connectivity index (χ3v) is 3.29. The fourth-order valence-corrected chi connectivity index (χ4v) is 1.76. The fraction of sp³-hybridized carbons (Fsp3) is 1.00. The largest absolute Gasteiger partial charge is 0.320 e. The second-order valence-corrected chi connectivity index (χ2v) is 4.36. The van der Waals surface area contributed by atoms with Crippen LogP contribution in [0.2, 0.25) is 0 Å². The van der Waals surface area contributed by atoms with E-state index in [-0.39, 0.29) is 12.3 Å². The summed E-state index contributed by atoms with van der Waals surface area (Å²) in [6, 6.07) is 0. The molecule has 0 aliphatic heterocycles. The molecule has 0 heterocycles. The van der Waals surface area contributed by atoms with E-state index in [9.17, 15) is 8.78 Å². The summed E-state index contributed by atoms with van der Waals surface area (Å²) in [7, 11) is 0. The molecule has 0 aromatic rings. The predicted molar refractivity (Wildman–Crippen MR) is 43.1 cm³/mol. The number of nitrogens with two attached hydrogens (primary N) is 1. The van der Waals surface area contributed by atoms with Gasteiger partial charge in [-0.05, 0) is 18.8 Å². The SMILES string of the molecule is NC1(C(F)(F)CC2CCC2)CC1. The molecule has 2 saturated carbocycles. The molecule has 2 aliphatic rings. The summed E-state index contributed by atoms with van der Waals surface area (Å²) < 4.78 is 26.7. The van der Waals surface area contributed by atoms with Crippen molar-refractivity contribution in [2.75, 3.05) is 0 Å². The molecule has 0 aromatic carbocycles. The van der Waals surface area contributed by atoms with Crippen molar-refractivity contribution in [1.82, 2.24) is 0 Å². The van der Waals surface area contributed by atoms with E-state index in [1.165, 1.54) is 0 Å². The first-order chi connectivity index (χ1) is 5.54. The molecule has 3 heteroatoms. The summed E-state index contributed by atoms with van der Waals surface area (Å²) in [5.41, 5.74) is 4.38. The molecule has 0 radical (unpaired) electrons. The lowest BCUT2D eigenvalue weighted by molar-refractivity contribution is -0.0651. The average molecular weight is 175 g/mol. The number of rotatable bonds is 3. The quantitative estimate of drug-likeness (QED) is 0.699. The van der Waals surface area contributed by atoms with E-state index in [4.69, 9.17) is 5.73 Å². The van der Waals surface area contributed by atoms with Gasteiger partial charge in [-0.2, -0.15) is 0 Å². The van der Waals surface area contributed by atoms with Crippen LogP contribution in [0.5, 0.6) is 0 Å². The third kappa shape index (κ3) is 1.24. The zero-order valence-corrected chi connectivity index (χ0v) is 7.15. The molecule has 0 saturated heterocycles. The Morgan fingerprint density at radius 2 is 1.92 bits per heavy atom. The van der Waals surface area contributed by atoms with Crippen molar-refractivity contribution in [3.63, 3.8) is 0 Å². The van der Waals surface area contributed by atoms with E-state index in [1.54, 1.807) is 0 Å². The summed E-state index contributed by atoms with van der Waals surface area (Å²) in [4.78, 5) is 0. The van der Waals surface area contributed by atoms with E-state index >= 15 is 0 Å². The highest BCUT2D eigenvalue weighted by molar-refractivity contribution is 5.09. The van der Waals surface area contributed by atoms with E-state index in [1.807, 2.05) is 0 Å². The van der Waals surface area contributed by atoms with Crippen molar-refractivity contribution in [3.05, 3.63) is 0 Å². The average Bonchev–Trinajstić information content (AvgIpc) is 2.61. The van der Waals surface area contributed by atoms with Gasteiger partial charge in [-0.25, -0.2) is 8.78 Å². The fourth-order valence-electron chi connectivity index (χ4n) is 1.76. The molecule has 0 bridgehead atoms. The molecule has 0 aromatic heterocycles. The molecule has 0 unspecified atom stereocenters. The lowest BCUT2D eigenvalue weighted by atomic mass is 9.79. The normalized spacial score (nSPS) is 28.2. The van der Waals surface area contributed by atoms with Crippen molar-refractivity contribution in [1.29, 1.82) is 0 Å². The van der Waals surface area contributed by atoms with Crippen molar-refractivity contribution in [3.8, 4) is 0 Å². The molecule has 2 fully saturated rings. The maximum absolute atomic E-state index is 13.3. The van der Waals surface area contributed by atoms with Crippen molar-refractivity contribution < 1.29 is 8.78 Å².